The average Bonchev–Trinajstić information content (AvgIpc) is 1.94. The van der Waals surface area contributed by atoms with E-state index in [2.05, 4.69) is 25.8 Å². The Hall–Kier alpha value is -0.0800. The van der Waals surface area contributed by atoms with E-state index in [0.29, 0.717) is 12.1 Å². The molecule has 1 rings (SSSR count). The van der Waals surface area contributed by atoms with E-state index < -0.39 is 0 Å². The lowest BCUT2D eigenvalue weighted by atomic mass is 9.79. The molecule has 0 aromatic heterocycles. The van der Waals surface area contributed by atoms with E-state index in [1.807, 2.05) is 0 Å². The lowest BCUT2D eigenvalue weighted by molar-refractivity contribution is 0.0995. The molecule has 0 radical (unpaired) electrons. The molecule has 2 nitrogen and oxygen atoms in total. The van der Waals surface area contributed by atoms with Crippen LogP contribution in [0.1, 0.15) is 33.1 Å². The Labute approximate surface area is 76.1 Å². The molecule has 1 aliphatic rings. The Morgan fingerprint density at radius 1 is 1.42 bits per heavy atom. The molecular formula is C10H22N2. The van der Waals surface area contributed by atoms with Gasteiger partial charge in [0.25, 0.3) is 0 Å². The lowest BCUT2D eigenvalue weighted by Gasteiger charge is -2.40. The van der Waals surface area contributed by atoms with Crippen LogP contribution in [0.2, 0.25) is 0 Å². The van der Waals surface area contributed by atoms with Crippen LogP contribution >= 0.6 is 0 Å². The summed E-state index contributed by atoms with van der Waals surface area (Å²) in [6.07, 6.45) is 4.19. The van der Waals surface area contributed by atoms with Gasteiger partial charge in [-0.25, -0.2) is 0 Å². The Kier molecular flexibility index (Phi) is 3.53. The molecular weight excluding hydrogens is 148 g/mol. The van der Waals surface area contributed by atoms with Crippen LogP contribution in [0.25, 0.3) is 0 Å². The molecule has 1 aliphatic carbocycles. The maximum Gasteiger partial charge on any atom is 0.0246 e. The fourth-order valence-electron chi connectivity index (χ4n) is 1.90. The van der Waals surface area contributed by atoms with Crippen molar-refractivity contribution in [2.45, 2.75) is 45.2 Å². The predicted molar refractivity (Wildman–Crippen MR) is 53.1 cm³/mol. The number of likely N-dealkylation sites (N-methyl/N-ethyl adjacent to an activating group) is 1. The Morgan fingerprint density at radius 3 is 2.25 bits per heavy atom. The molecule has 0 spiro atoms. The van der Waals surface area contributed by atoms with E-state index in [1.165, 1.54) is 19.3 Å². The molecule has 0 aromatic carbocycles. The second-order valence-corrected chi connectivity index (χ2v) is 4.25. The van der Waals surface area contributed by atoms with Gasteiger partial charge in [-0.3, -0.25) is 4.90 Å². The molecule has 72 valence electrons. The van der Waals surface area contributed by atoms with Crippen molar-refractivity contribution < 1.29 is 0 Å². The lowest BCUT2D eigenvalue weighted by Crippen LogP contribution is -2.48. The summed E-state index contributed by atoms with van der Waals surface area (Å²) < 4.78 is 0. The Morgan fingerprint density at radius 2 is 2.00 bits per heavy atom. The minimum atomic E-state index is 0.624. The van der Waals surface area contributed by atoms with Crippen molar-refractivity contribution in [1.29, 1.82) is 0 Å². The highest BCUT2D eigenvalue weighted by molar-refractivity contribution is 4.85. The first kappa shape index (κ1) is 10.0. The topological polar surface area (TPSA) is 29.3 Å². The monoisotopic (exact) mass is 170 g/mol. The first-order valence-corrected chi connectivity index (χ1v) is 5.08. The van der Waals surface area contributed by atoms with E-state index in [0.717, 1.165) is 12.5 Å². The van der Waals surface area contributed by atoms with Gasteiger partial charge in [-0.2, -0.15) is 0 Å². The quantitative estimate of drug-likeness (QED) is 0.692. The van der Waals surface area contributed by atoms with Gasteiger partial charge < -0.3 is 5.73 Å². The summed E-state index contributed by atoms with van der Waals surface area (Å²) in [4.78, 5) is 2.42. The third-order valence-corrected chi connectivity index (χ3v) is 3.27. The zero-order valence-electron chi connectivity index (χ0n) is 8.59. The third-order valence-electron chi connectivity index (χ3n) is 3.27. The summed E-state index contributed by atoms with van der Waals surface area (Å²) in [6, 6.07) is 1.25. The highest BCUT2D eigenvalue weighted by Gasteiger charge is 2.29. The van der Waals surface area contributed by atoms with Crippen molar-refractivity contribution in [3.8, 4) is 0 Å². The standard InChI is InChI=1S/C10H22N2/c1-8(2)12(3)10(7-11)9-5-4-6-9/h8-10H,4-7,11H2,1-3H3. The predicted octanol–water partition coefficient (Wildman–Crippen LogP) is 1.45. The van der Waals surface area contributed by atoms with Crippen molar-refractivity contribution in [2.24, 2.45) is 11.7 Å². The van der Waals surface area contributed by atoms with E-state index >= 15 is 0 Å². The highest BCUT2D eigenvalue weighted by atomic mass is 15.2. The molecule has 1 fully saturated rings. The minimum Gasteiger partial charge on any atom is -0.329 e. The van der Waals surface area contributed by atoms with Crippen LogP contribution in [-0.2, 0) is 0 Å². The average molecular weight is 170 g/mol. The number of hydrogen-bond donors (Lipinski definition) is 1. The summed E-state index contributed by atoms with van der Waals surface area (Å²) in [5, 5.41) is 0. The number of nitrogens with zero attached hydrogens (tertiary/aromatic N) is 1. The largest absolute Gasteiger partial charge is 0.329 e. The molecule has 0 bridgehead atoms. The van der Waals surface area contributed by atoms with Gasteiger partial charge in [-0.1, -0.05) is 6.42 Å². The van der Waals surface area contributed by atoms with Crippen molar-refractivity contribution in [2.75, 3.05) is 13.6 Å². The van der Waals surface area contributed by atoms with E-state index in [-0.39, 0.29) is 0 Å². The Balaban J connectivity index is 2.42. The second kappa shape index (κ2) is 4.24. The molecule has 2 N–H and O–H groups in total. The van der Waals surface area contributed by atoms with Gasteiger partial charge >= 0.3 is 0 Å². The molecule has 1 saturated carbocycles. The normalized spacial score (nSPS) is 21.5. The maximum atomic E-state index is 5.78. The van der Waals surface area contributed by atoms with Gasteiger partial charge in [0.15, 0.2) is 0 Å². The van der Waals surface area contributed by atoms with Crippen LogP contribution in [0.15, 0.2) is 0 Å². The number of hydrogen-bond acceptors (Lipinski definition) is 2. The van der Waals surface area contributed by atoms with Crippen molar-refractivity contribution in [3.05, 3.63) is 0 Å². The number of nitrogens with two attached hydrogens (primary N) is 1. The minimum absolute atomic E-state index is 0.624. The Bertz CT molecular complexity index is 130. The number of rotatable bonds is 4. The second-order valence-electron chi connectivity index (χ2n) is 4.25. The van der Waals surface area contributed by atoms with Gasteiger partial charge in [0.2, 0.25) is 0 Å². The maximum absolute atomic E-state index is 5.78. The van der Waals surface area contributed by atoms with E-state index in [9.17, 15) is 0 Å². The van der Waals surface area contributed by atoms with Gasteiger partial charge in [-0.05, 0) is 39.7 Å². The summed E-state index contributed by atoms with van der Waals surface area (Å²) >= 11 is 0. The van der Waals surface area contributed by atoms with Gasteiger partial charge in [0, 0.05) is 18.6 Å². The van der Waals surface area contributed by atoms with E-state index in [4.69, 9.17) is 5.73 Å². The summed E-state index contributed by atoms with van der Waals surface area (Å²) in [6.45, 7) is 5.29. The molecule has 2 heteroatoms. The molecule has 1 unspecified atom stereocenters. The summed E-state index contributed by atoms with van der Waals surface area (Å²) in [5.41, 5.74) is 5.78. The van der Waals surface area contributed by atoms with Crippen LogP contribution in [0.4, 0.5) is 0 Å². The molecule has 12 heavy (non-hydrogen) atoms. The highest BCUT2D eigenvalue weighted by Crippen LogP contribution is 2.31. The van der Waals surface area contributed by atoms with Crippen molar-refractivity contribution >= 4 is 0 Å². The van der Waals surface area contributed by atoms with Crippen LogP contribution < -0.4 is 5.73 Å². The van der Waals surface area contributed by atoms with Gasteiger partial charge in [0.05, 0.1) is 0 Å². The molecule has 0 amide bonds. The zero-order chi connectivity index (χ0) is 9.14. The van der Waals surface area contributed by atoms with Crippen molar-refractivity contribution in [3.63, 3.8) is 0 Å². The van der Waals surface area contributed by atoms with Crippen LogP contribution in [-0.4, -0.2) is 30.6 Å². The third kappa shape index (κ3) is 1.99. The fraction of sp³-hybridized carbons (Fsp3) is 1.00. The van der Waals surface area contributed by atoms with Gasteiger partial charge in [0.1, 0.15) is 0 Å². The SMILES string of the molecule is CC(C)N(C)C(CN)C1CCC1. The van der Waals surface area contributed by atoms with Crippen molar-refractivity contribution in [1.82, 2.24) is 4.90 Å². The van der Waals surface area contributed by atoms with Crippen LogP contribution in [0, 0.1) is 5.92 Å². The fourth-order valence-corrected chi connectivity index (χ4v) is 1.90. The van der Waals surface area contributed by atoms with Crippen LogP contribution in [0.3, 0.4) is 0 Å². The first-order chi connectivity index (χ1) is 5.66. The van der Waals surface area contributed by atoms with Gasteiger partial charge in [-0.15, -0.1) is 0 Å². The smallest absolute Gasteiger partial charge is 0.0246 e. The summed E-state index contributed by atoms with van der Waals surface area (Å²) in [5.74, 6) is 0.877. The zero-order valence-corrected chi connectivity index (χ0v) is 8.59. The molecule has 0 heterocycles. The molecule has 0 aromatic rings. The summed E-state index contributed by atoms with van der Waals surface area (Å²) in [7, 11) is 2.19. The van der Waals surface area contributed by atoms with E-state index in [1.54, 1.807) is 0 Å². The molecule has 0 saturated heterocycles. The molecule has 1 atom stereocenters. The molecule has 0 aliphatic heterocycles. The van der Waals surface area contributed by atoms with Crippen LogP contribution in [0.5, 0.6) is 0 Å². The first-order valence-electron chi connectivity index (χ1n) is 5.08.